The molecular weight excluding hydrogens is 367 g/mol. The molecule has 1 unspecified atom stereocenters. The molecule has 3 rings (SSSR count). The third-order valence-corrected chi connectivity index (χ3v) is 4.65. The number of benzene rings is 2. The second-order valence-corrected chi connectivity index (χ2v) is 8.17. The van der Waals surface area contributed by atoms with E-state index in [1.54, 1.807) is 12.1 Å². The van der Waals surface area contributed by atoms with Gasteiger partial charge in [-0.15, -0.1) is 13.2 Å². The monoisotopic (exact) mass is 393 g/mol. The quantitative estimate of drug-likeness (QED) is 0.654. The van der Waals surface area contributed by atoms with Crippen molar-refractivity contribution in [3.05, 3.63) is 65.7 Å². The Labute approximate surface area is 164 Å². The van der Waals surface area contributed by atoms with Gasteiger partial charge in [0.25, 0.3) is 0 Å². The van der Waals surface area contributed by atoms with Gasteiger partial charge in [-0.25, -0.2) is 0 Å². The molecule has 0 saturated carbocycles. The lowest BCUT2D eigenvalue weighted by Crippen LogP contribution is -2.51. The van der Waals surface area contributed by atoms with E-state index in [0.29, 0.717) is 12.5 Å². The Morgan fingerprint density at radius 3 is 2.04 bits per heavy atom. The highest BCUT2D eigenvalue weighted by Gasteiger charge is 2.35. The van der Waals surface area contributed by atoms with Crippen LogP contribution in [0.2, 0.25) is 0 Å². The van der Waals surface area contributed by atoms with Crippen LogP contribution in [0.15, 0.2) is 54.6 Å². The Morgan fingerprint density at radius 1 is 0.929 bits per heavy atom. The van der Waals surface area contributed by atoms with Crippen molar-refractivity contribution in [3.8, 4) is 5.75 Å². The average molecular weight is 393 g/mol. The summed E-state index contributed by atoms with van der Waals surface area (Å²) in [4.78, 5) is 2.33. The normalized spacial score (nSPS) is 17.2. The van der Waals surface area contributed by atoms with E-state index in [0.717, 1.165) is 24.2 Å². The molecule has 1 atom stereocenters. The summed E-state index contributed by atoms with van der Waals surface area (Å²) in [6.07, 6.45) is -4.68. The van der Waals surface area contributed by atoms with Gasteiger partial charge in [0.15, 0.2) is 0 Å². The van der Waals surface area contributed by atoms with E-state index in [1.165, 1.54) is 12.1 Å². The van der Waals surface area contributed by atoms with Crippen molar-refractivity contribution in [1.29, 1.82) is 0 Å². The van der Waals surface area contributed by atoms with Gasteiger partial charge in [0.1, 0.15) is 5.75 Å². The van der Waals surface area contributed by atoms with Crippen molar-refractivity contribution < 1.29 is 22.6 Å². The van der Waals surface area contributed by atoms with Gasteiger partial charge in [0, 0.05) is 19.0 Å². The van der Waals surface area contributed by atoms with Gasteiger partial charge < -0.3 is 9.47 Å². The molecule has 0 aromatic heterocycles. The molecule has 1 fully saturated rings. The molecule has 6 heteroatoms. The van der Waals surface area contributed by atoms with Crippen LogP contribution in [-0.4, -0.2) is 36.6 Å². The zero-order valence-corrected chi connectivity index (χ0v) is 16.4. The van der Waals surface area contributed by atoms with E-state index in [4.69, 9.17) is 4.74 Å². The molecule has 0 spiro atoms. The van der Waals surface area contributed by atoms with Crippen molar-refractivity contribution in [2.45, 2.75) is 38.8 Å². The number of ether oxygens (including phenoxy) is 2. The molecule has 0 amide bonds. The summed E-state index contributed by atoms with van der Waals surface area (Å²) in [5, 5.41) is 0. The SMILES string of the molecule is CC(C)(C)OCC1CN(C(c2ccccc2)c2ccc(OC(F)(F)F)cc2)C1. The molecule has 1 heterocycles. The summed E-state index contributed by atoms with van der Waals surface area (Å²) in [6, 6.07) is 16.1. The maximum atomic E-state index is 12.4. The van der Waals surface area contributed by atoms with E-state index in [2.05, 4.69) is 9.64 Å². The van der Waals surface area contributed by atoms with Crippen molar-refractivity contribution in [2.75, 3.05) is 19.7 Å². The molecule has 1 aliphatic rings. The number of hydrogen-bond donors (Lipinski definition) is 0. The van der Waals surface area contributed by atoms with Crippen LogP contribution in [0.1, 0.15) is 37.9 Å². The Bertz CT molecular complexity index is 748. The molecular formula is C22H26F3NO2. The van der Waals surface area contributed by atoms with E-state index in [9.17, 15) is 13.2 Å². The smallest absolute Gasteiger partial charge is 0.406 e. The zero-order chi connectivity index (χ0) is 20.4. The molecule has 28 heavy (non-hydrogen) atoms. The fourth-order valence-electron chi connectivity index (χ4n) is 3.40. The van der Waals surface area contributed by atoms with Crippen LogP contribution in [0.4, 0.5) is 13.2 Å². The van der Waals surface area contributed by atoms with Crippen LogP contribution in [0.5, 0.6) is 5.75 Å². The standard InChI is InChI=1S/C22H26F3NO2/c1-21(2,3)27-15-16-13-26(14-16)20(17-7-5-4-6-8-17)18-9-11-19(12-10-18)28-22(23,24)25/h4-12,16,20H,13-15H2,1-3H3. The number of hydrogen-bond acceptors (Lipinski definition) is 3. The van der Waals surface area contributed by atoms with Gasteiger partial charge >= 0.3 is 6.36 Å². The van der Waals surface area contributed by atoms with Gasteiger partial charge in [-0.2, -0.15) is 0 Å². The van der Waals surface area contributed by atoms with Gasteiger partial charge in [-0.3, -0.25) is 4.90 Å². The Hall–Kier alpha value is -2.05. The summed E-state index contributed by atoms with van der Waals surface area (Å²) < 4.78 is 47.1. The minimum Gasteiger partial charge on any atom is -0.406 e. The highest BCUT2D eigenvalue weighted by molar-refractivity contribution is 5.36. The van der Waals surface area contributed by atoms with Gasteiger partial charge in [-0.1, -0.05) is 42.5 Å². The largest absolute Gasteiger partial charge is 0.573 e. The molecule has 0 radical (unpaired) electrons. The fraction of sp³-hybridized carbons (Fsp3) is 0.455. The maximum absolute atomic E-state index is 12.4. The summed E-state index contributed by atoms with van der Waals surface area (Å²) in [7, 11) is 0. The van der Waals surface area contributed by atoms with Crippen molar-refractivity contribution in [3.63, 3.8) is 0 Å². The van der Waals surface area contributed by atoms with E-state index >= 15 is 0 Å². The van der Waals surface area contributed by atoms with Gasteiger partial charge in [0.05, 0.1) is 18.2 Å². The first-order valence-electron chi connectivity index (χ1n) is 9.39. The van der Waals surface area contributed by atoms with Crippen LogP contribution in [0.3, 0.4) is 0 Å². The first-order valence-corrected chi connectivity index (χ1v) is 9.39. The van der Waals surface area contributed by atoms with Gasteiger partial charge in [0.2, 0.25) is 0 Å². The Balaban J connectivity index is 1.73. The topological polar surface area (TPSA) is 21.7 Å². The second kappa shape index (κ2) is 8.13. The maximum Gasteiger partial charge on any atom is 0.573 e. The van der Waals surface area contributed by atoms with Crippen LogP contribution in [0.25, 0.3) is 0 Å². The molecule has 2 aromatic rings. The zero-order valence-electron chi connectivity index (χ0n) is 16.4. The summed E-state index contributed by atoms with van der Waals surface area (Å²) in [5.41, 5.74) is 1.89. The molecule has 2 aromatic carbocycles. The molecule has 0 aliphatic carbocycles. The molecule has 152 valence electrons. The van der Waals surface area contributed by atoms with E-state index in [1.807, 2.05) is 51.1 Å². The van der Waals surface area contributed by atoms with Crippen LogP contribution in [0, 0.1) is 5.92 Å². The summed E-state index contributed by atoms with van der Waals surface area (Å²) in [6.45, 7) is 8.61. The molecule has 1 saturated heterocycles. The summed E-state index contributed by atoms with van der Waals surface area (Å²) >= 11 is 0. The molecule has 0 N–H and O–H groups in total. The Morgan fingerprint density at radius 2 is 1.50 bits per heavy atom. The van der Waals surface area contributed by atoms with Crippen molar-refractivity contribution >= 4 is 0 Å². The highest BCUT2D eigenvalue weighted by atomic mass is 19.4. The summed E-state index contributed by atoms with van der Waals surface area (Å²) in [5.74, 6) is 0.251. The predicted octanol–water partition coefficient (Wildman–Crippen LogP) is 5.42. The molecule has 0 bridgehead atoms. The van der Waals surface area contributed by atoms with Crippen LogP contribution < -0.4 is 4.74 Å². The van der Waals surface area contributed by atoms with Crippen molar-refractivity contribution in [2.24, 2.45) is 5.92 Å². The minimum atomic E-state index is -4.68. The number of alkyl halides is 3. The lowest BCUT2D eigenvalue weighted by molar-refractivity contribution is -0.274. The van der Waals surface area contributed by atoms with Crippen LogP contribution >= 0.6 is 0 Å². The number of likely N-dealkylation sites (tertiary alicyclic amines) is 1. The predicted molar refractivity (Wildman–Crippen MR) is 102 cm³/mol. The first kappa shape index (κ1) is 20.7. The van der Waals surface area contributed by atoms with E-state index < -0.39 is 6.36 Å². The number of nitrogens with zero attached hydrogens (tertiary/aromatic N) is 1. The first-order chi connectivity index (χ1) is 13.1. The van der Waals surface area contributed by atoms with Gasteiger partial charge in [-0.05, 0) is 44.0 Å². The van der Waals surface area contributed by atoms with Crippen molar-refractivity contribution in [1.82, 2.24) is 4.90 Å². The Kier molecular flexibility index (Phi) is 6.01. The number of halogens is 3. The minimum absolute atomic E-state index is 0.00739. The fourth-order valence-corrected chi connectivity index (χ4v) is 3.40. The third kappa shape index (κ3) is 5.72. The average Bonchev–Trinajstić information content (AvgIpc) is 2.56. The van der Waals surface area contributed by atoms with Crippen LogP contribution in [-0.2, 0) is 4.74 Å². The number of rotatable bonds is 6. The lowest BCUT2D eigenvalue weighted by Gasteiger charge is -2.45. The molecule has 3 nitrogen and oxygen atoms in total. The molecule has 1 aliphatic heterocycles. The second-order valence-electron chi connectivity index (χ2n) is 8.17. The lowest BCUT2D eigenvalue weighted by atomic mass is 9.90. The van der Waals surface area contributed by atoms with E-state index in [-0.39, 0.29) is 17.4 Å². The highest BCUT2D eigenvalue weighted by Crippen LogP contribution is 2.35. The third-order valence-electron chi connectivity index (χ3n) is 4.65.